The Labute approximate surface area is 84.7 Å². The van der Waals surface area contributed by atoms with Gasteiger partial charge in [-0.3, -0.25) is 0 Å². The van der Waals surface area contributed by atoms with Crippen LogP contribution in [0.4, 0.5) is 18.9 Å². The molecule has 0 aliphatic carbocycles. The van der Waals surface area contributed by atoms with E-state index in [1.165, 1.54) is 24.3 Å². The molecule has 0 aromatic heterocycles. The summed E-state index contributed by atoms with van der Waals surface area (Å²) in [5.74, 6) is -0.00291. The molecule has 0 saturated carbocycles. The lowest BCUT2D eigenvalue weighted by Gasteiger charge is -2.20. The summed E-state index contributed by atoms with van der Waals surface area (Å²) in [7, 11) is 0. The molecular formula is C9H11F3N2O. The van der Waals surface area contributed by atoms with Gasteiger partial charge in [-0.2, -0.15) is 13.2 Å². The van der Waals surface area contributed by atoms with Crippen molar-refractivity contribution < 1.29 is 18.3 Å². The van der Waals surface area contributed by atoms with Crippen molar-refractivity contribution >= 4 is 5.69 Å². The Morgan fingerprint density at radius 3 is 2.20 bits per heavy atom. The van der Waals surface area contributed by atoms with E-state index < -0.39 is 18.8 Å². The summed E-state index contributed by atoms with van der Waals surface area (Å²) in [5.41, 5.74) is 5.27. The van der Waals surface area contributed by atoms with E-state index in [4.69, 9.17) is 10.8 Å². The second-order valence-corrected chi connectivity index (χ2v) is 3.02. The molecule has 0 aliphatic rings. The number of hydrogen-bond acceptors (Lipinski definition) is 3. The molecule has 4 N–H and O–H groups in total. The normalized spacial score (nSPS) is 13.6. The first-order valence-electron chi connectivity index (χ1n) is 4.26. The van der Waals surface area contributed by atoms with Crippen LogP contribution >= 0.6 is 0 Å². The number of nitrogens with two attached hydrogens (primary N) is 1. The Balaban J connectivity index is 2.71. The Bertz CT molecular complexity index is 310. The minimum atomic E-state index is -4.38. The van der Waals surface area contributed by atoms with Crippen LogP contribution in [0.2, 0.25) is 0 Å². The summed E-state index contributed by atoms with van der Waals surface area (Å²) < 4.78 is 36.9. The Kier molecular flexibility index (Phi) is 3.41. The molecule has 1 rings (SSSR count). The second-order valence-electron chi connectivity index (χ2n) is 3.02. The first-order valence-corrected chi connectivity index (χ1v) is 4.26. The van der Waals surface area contributed by atoms with Gasteiger partial charge in [0.2, 0.25) is 0 Å². The van der Waals surface area contributed by atoms with Crippen molar-refractivity contribution in [2.24, 2.45) is 5.73 Å². The molecule has 3 nitrogen and oxygen atoms in total. The minimum Gasteiger partial charge on any atom is -0.508 e. The number of phenols is 1. The molecule has 6 heteroatoms. The van der Waals surface area contributed by atoms with Crippen molar-refractivity contribution in [3.05, 3.63) is 24.3 Å². The highest BCUT2D eigenvalue weighted by Gasteiger charge is 2.38. The summed E-state index contributed by atoms with van der Waals surface area (Å²) in [6.45, 7) is -0.537. The molecule has 0 heterocycles. The second kappa shape index (κ2) is 4.39. The lowest BCUT2D eigenvalue weighted by atomic mass is 10.2. The Morgan fingerprint density at radius 1 is 1.27 bits per heavy atom. The zero-order valence-electron chi connectivity index (χ0n) is 7.75. The Morgan fingerprint density at radius 2 is 1.80 bits per heavy atom. The number of anilines is 1. The van der Waals surface area contributed by atoms with Crippen LogP contribution < -0.4 is 11.1 Å². The van der Waals surface area contributed by atoms with Crippen LogP contribution in [-0.4, -0.2) is 23.9 Å². The molecule has 1 aromatic rings. The fourth-order valence-corrected chi connectivity index (χ4v) is 1.03. The molecule has 15 heavy (non-hydrogen) atoms. The van der Waals surface area contributed by atoms with Gasteiger partial charge in [0.15, 0.2) is 0 Å². The standard InChI is InChI=1S/C9H11F3N2O/c10-9(11,12)8(5-13)14-6-1-3-7(15)4-2-6/h1-4,8,14-15H,5,13H2. The molecule has 1 aromatic carbocycles. The van der Waals surface area contributed by atoms with Crippen LogP contribution in [-0.2, 0) is 0 Å². The number of halogens is 3. The Hall–Kier alpha value is -1.43. The van der Waals surface area contributed by atoms with E-state index in [-0.39, 0.29) is 11.4 Å². The van der Waals surface area contributed by atoms with E-state index in [1.807, 2.05) is 0 Å². The number of rotatable bonds is 3. The van der Waals surface area contributed by atoms with Gasteiger partial charge in [0, 0.05) is 12.2 Å². The average Bonchev–Trinajstić information content (AvgIpc) is 2.15. The molecule has 0 aliphatic heterocycles. The number of nitrogens with one attached hydrogen (secondary N) is 1. The first-order chi connectivity index (χ1) is 6.93. The quantitative estimate of drug-likeness (QED) is 0.679. The van der Waals surface area contributed by atoms with Gasteiger partial charge in [-0.25, -0.2) is 0 Å². The fraction of sp³-hybridized carbons (Fsp3) is 0.333. The third-order valence-electron chi connectivity index (χ3n) is 1.84. The van der Waals surface area contributed by atoms with Crippen LogP contribution in [0, 0.1) is 0 Å². The molecule has 0 bridgehead atoms. The molecule has 0 amide bonds. The fourth-order valence-electron chi connectivity index (χ4n) is 1.03. The highest BCUT2D eigenvalue weighted by molar-refractivity contribution is 5.47. The topological polar surface area (TPSA) is 58.3 Å². The van der Waals surface area contributed by atoms with Gasteiger partial charge in [-0.05, 0) is 24.3 Å². The van der Waals surface area contributed by atoms with Gasteiger partial charge >= 0.3 is 6.18 Å². The van der Waals surface area contributed by atoms with E-state index in [9.17, 15) is 13.2 Å². The molecule has 84 valence electrons. The summed E-state index contributed by atoms with van der Waals surface area (Å²) in [6, 6.07) is 3.52. The van der Waals surface area contributed by atoms with Gasteiger partial charge < -0.3 is 16.2 Å². The molecule has 0 spiro atoms. The largest absolute Gasteiger partial charge is 0.508 e. The zero-order chi connectivity index (χ0) is 11.5. The van der Waals surface area contributed by atoms with Crippen molar-refractivity contribution in [2.75, 3.05) is 11.9 Å². The smallest absolute Gasteiger partial charge is 0.409 e. The summed E-state index contributed by atoms with van der Waals surface area (Å²) in [4.78, 5) is 0. The highest BCUT2D eigenvalue weighted by atomic mass is 19.4. The zero-order valence-corrected chi connectivity index (χ0v) is 7.75. The van der Waals surface area contributed by atoms with Crippen molar-refractivity contribution in [2.45, 2.75) is 12.2 Å². The molecule has 0 fully saturated rings. The first kappa shape index (κ1) is 11.6. The van der Waals surface area contributed by atoms with Crippen molar-refractivity contribution in [3.8, 4) is 5.75 Å². The number of phenolic OH excluding ortho intramolecular Hbond substituents is 1. The molecular weight excluding hydrogens is 209 g/mol. The van der Waals surface area contributed by atoms with Gasteiger partial charge in [0.1, 0.15) is 11.8 Å². The molecule has 1 atom stereocenters. The minimum absolute atomic E-state index is 0.00291. The van der Waals surface area contributed by atoms with Gasteiger partial charge in [0.05, 0.1) is 0 Å². The molecule has 1 unspecified atom stereocenters. The summed E-state index contributed by atoms with van der Waals surface area (Å²) in [6.07, 6.45) is -4.38. The monoisotopic (exact) mass is 220 g/mol. The van der Waals surface area contributed by atoms with E-state index in [2.05, 4.69) is 5.32 Å². The predicted octanol–water partition coefficient (Wildman–Crippen LogP) is 1.69. The number of aromatic hydroxyl groups is 1. The maximum Gasteiger partial charge on any atom is 0.409 e. The van der Waals surface area contributed by atoms with Crippen LogP contribution in [0.5, 0.6) is 5.75 Å². The van der Waals surface area contributed by atoms with Gasteiger partial charge in [-0.15, -0.1) is 0 Å². The maximum absolute atomic E-state index is 12.3. The lowest BCUT2D eigenvalue weighted by molar-refractivity contribution is -0.140. The highest BCUT2D eigenvalue weighted by Crippen LogP contribution is 2.23. The van der Waals surface area contributed by atoms with Crippen LogP contribution in [0.25, 0.3) is 0 Å². The third-order valence-corrected chi connectivity index (χ3v) is 1.84. The average molecular weight is 220 g/mol. The van der Waals surface area contributed by atoms with Crippen molar-refractivity contribution in [1.82, 2.24) is 0 Å². The number of alkyl halides is 3. The lowest BCUT2D eigenvalue weighted by Crippen LogP contribution is -2.42. The summed E-state index contributed by atoms with van der Waals surface area (Å²) >= 11 is 0. The van der Waals surface area contributed by atoms with E-state index in [0.29, 0.717) is 0 Å². The number of benzene rings is 1. The van der Waals surface area contributed by atoms with Crippen LogP contribution in [0.1, 0.15) is 0 Å². The van der Waals surface area contributed by atoms with Crippen molar-refractivity contribution in [3.63, 3.8) is 0 Å². The van der Waals surface area contributed by atoms with Gasteiger partial charge in [-0.1, -0.05) is 0 Å². The maximum atomic E-state index is 12.3. The van der Waals surface area contributed by atoms with Gasteiger partial charge in [0.25, 0.3) is 0 Å². The molecule has 0 saturated heterocycles. The van der Waals surface area contributed by atoms with E-state index >= 15 is 0 Å². The third kappa shape index (κ3) is 3.32. The van der Waals surface area contributed by atoms with E-state index in [1.54, 1.807) is 0 Å². The molecule has 0 radical (unpaired) electrons. The predicted molar refractivity (Wildman–Crippen MR) is 50.6 cm³/mol. The van der Waals surface area contributed by atoms with Crippen LogP contribution in [0.3, 0.4) is 0 Å². The van der Waals surface area contributed by atoms with Crippen LogP contribution in [0.15, 0.2) is 24.3 Å². The summed E-state index contributed by atoms with van der Waals surface area (Å²) in [5, 5.41) is 11.2. The van der Waals surface area contributed by atoms with Crippen molar-refractivity contribution in [1.29, 1.82) is 0 Å². The SMILES string of the molecule is NCC(Nc1ccc(O)cc1)C(F)(F)F. The number of hydrogen-bond donors (Lipinski definition) is 3. The van der Waals surface area contributed by atoms with E-state index in [0.717, 1.165) is 0 Å².